The number of hydrogen-bond acceptors (Lipinski definition) is 1. The van der Waals surface area contributed by atoms with Crippen LogP contribution in [0.25, 0.3) is 0 Å². The highest BCUT2D eigenvalue weighted by Gasteiger charge is 1.93. The molecule has 2 nitrogen and oxygen atoms in total. The molecular formula is C8H12N2. The van der Waals surface area contributed by atoms with Gasteiger partial charge < -0.3 is 4.57 Å². The highest BCUT2D eigenvalue weighted by Crippen LogP contribution is 1.96. The minimum atomic E-state index is 0.383. The van der Waals surface area contributed by atoms with E-state index in [1.807, 2.05) is 22.9 Å². The van der Waals surface area contributed by atoms with Gasteiger partial charge in [-0.05, 0) is 26.0 Å². The van der Waals surface area contributed by atoms with E-state index in [9.17, 15) is 0 Å². The molecule has 1 aromatic heterocycles. The van der Waals surface area contributed by atoms with Crippen LogP contribution in [0.4, 0.5) is 0 Å². The van der Waals surface area contributed by atoms with Crippen LogP contribution in [0.1, 0.15) is 19.9 Å². The summed E-state index contributed by atoms with van der Waals surface area (Å²) in [4.78, 5) is 0. The Morgan fingerprint density at radius 3 is 2.50 bits per heavy atom. The number of nitrogens with one attached hydrogen (secondary N) is 1. The average molecular weight is 136 g/mol. The maximum absolute atomic E-state index is 7.46. The van der Waals surface area contributed by atoms with E-state index < -0.39 is 0 Å². The van der Waals surface area contributed by atoms with Crippen molar-refractivity contribution >= 4 is 0 Å². The maximum atomic E-state index is 7.46. The van der Waals surface area contributed by atoms with Crippen LogP contribution in [0, 0.1) is 5.41 Å². The first-order valence-electron chi connectivity index (χ1n) is 3.43. The summed E-state index contributed by atoms with van der Waals surface area (Å²) < 4.78 is 1.92. The van der Waals surface area contributed by atoms with Gasteiger partial charge in [0.25, 0.3) is 0 Å². The van der Waals surface area contributed by atoms with Gasteiger partial charge in [-0.2, -0.15) is 0 Å². The Labute approximate surface area is 60.6 Å². The van der Waals surface area contributed by atoms with Crippen molar-refractivity contribution in [3.63, 3.8) is 0 Å². The molecule has 0 fully saturated rings. The number of aromatic nitrogens is 1. The van der Waals surface area contributed by atoms with Crippen LogP contribution in [0.15, 0.2) is 24.4 Å². The molecule has 0 aliphatic carbocycles. The molecule has 0 saturated heterocycles. The molecule has 10 heavy (non-hydrogen) atoms. The van der Waals surface area contributed by atoms with Gasteiger partial charge in [-0.25, -0.2) is 0 Å². The second-order valence-corrected chi connectivity index (χ2v) is 2.59. The predicted molar refractivity (Wildman–Crippen MR) is 40.7 cm³/mol. The van der Waals surface area contributed by atoms with Gasteiger partial charge in [0.15, 0.2) is 0 Å². The molecule has 0 saturated carbocycles. The van der Waals surface area contributed by atoms with Crippen LogP contribution in [-0.4, -0.2) is 4.57 Å². The topological polar surface area (TPSA) is 28.8 Å². The third kappa shape index (κ3) is 1.26. The minimum absolute atomic E-state index is 0.383. The molecule has 0 amide bonds. The van der Waals surface area contributed by atoms with E-state index in [1.54, 1.807) is 6.07 Å². The molecule has 0 unspecified atom stereocenters. The first kappa shape index (κ1) is 7.06. The van der Waals surface area contributed by atoms with E-state index in [2.05, 4.69) is 13.8 Å². The molecule has 0 radical (unpaired) electrons. The van der Waals surface area contributed by atoms with Gasteiger partial charge in [0, 0.05) is 12.2 Å². The molecule has 2 heteroatoms. The standard InChI is InChI=1S/C8H12N2/c1-7(2)10-6-4-3-5-8(10)9/h3-7,9H,1-2H3. The fraction of sp³-hybridized carbons (Fsp3) is 0.375. The molecule has 0 aromatic carbocycles. The molecule has 54 valence electrons. The zero-order valence-electron chi connectivity index (χ0n) is 6.33. The molecule has 0 aliphatic rings. The van der Waals surface area contributed by atoms with Crippen molar-refractivity contribution in [1.29, 1.82) is 5.41 Å². The molecule has 0 bridgehead atoms. The minimum Gasteiger partial charge on any atom is -0.331 e. The van der Waals surface area contributed by atoms with Crippen molar-refractivity contribution in [1.82, 2.24) is 4.57 Å². The highest BCUT2D eigenvalue weighted by molar-refractivity contribution is 4.92. The van der Waals surface area contributed by atoms with Crippen molar-refractivity contribution in [2.45, 2.75) is 19.9 Å². The monoisotopic (exact) mass is 136 g/mol. The highest BCUT2D eigenvalue weighted by atomic mass is 15.0. The summed E-state index contributed by atoms with van der Waals surface area (Å²) in [6, 6.07) is 5.99. The second-order valence-electron chi connectivity index (χ2n) is 2.59. The van der Waals surface area contributed by atoms with Gasteiger partial charge in [-0.1, -0.05) is 6.07 Å². The molecule has 0 atom stereocenters. The number of pyridine rings is 1. The Kier molecular flexibility index (Phi) is 1.90. The largest absolute Gasteiger partial charge is 0.331 e. The van der Waals surface area contributed by atoms with E-state index >= 15 is 0 Å². The van der Waals surface area contributed by atoms with Crippen molar-refractivity contribution < 1.29 is 0 Å². The summed E-state index contributed by atoms with van der Waals surface area (Å²) in [5.74, 6) is 0. The third-order valence-electron chi connectivity index (χ3n) is 1.45. The van der Waals surface area contributed by atoms with Crippen LogP contribution >= 0.6 is 0 Å². The molecule has 0 spiro atoms. The van der Waals surface area contributed by atoms with Gasteiger partial charge in [0.2, 0.25) is 0 Å². The maximum Gasteiger partial charge on any atom is 0.124 e. The van der Waals surface area contributed by atoms with Crippen LogP contribution in [0.2, 0.25) is 0 Å². The van der Waals surface area contributed by atoms with Crippen molar-refractivity contribution in [3.05, 3.63) is 29.9 Å². The smallest absolute Gasteiger partial charge is 0.124 e. The fourth-order valence-corrected chi connectivity index (χ4v) is 0.906. The lowest BCUT2D eigenvalue weighted by atomic mass is 10.3. The first-order valence-corrected chi connectivity index (χ1v) is 3.43. The summed E-state index contributed by atoms with van der Waals surface area (Å²) in [5.41, 5.74) is 0.567. The molecular weight excluding hydrogens is 124 g/mol. The lowest BCUT2D eigenvalue weighted by Crippen LogP contribution is -2.19. The predicted octanol–water partition coefficient (Wildman–Crippen LogP) is 1.55. The van der Waals surface area contributed by atoms with Crippen LogP contribution < -0.4 is 5.49 Å². The van der Waals surface area contributed by atoms with Crippen LogP contribution in [0.5, 0.6) is 0 Å². The normalized spacial score (nSPS) is 10.3. The van der Waals surface area contributed by atoms with Gasteiger partial charge >= 0.3 is 0 Å². The molecule has 1 rings (SSSR count). The Hall–Kier alpha value is -1.05. The van der Waals surface area contributed by atoms with Crippen molar-refractivity contribution in [2.24, 2.45) is 0 Å². The van der Waals surface area contributed by atoms with E-state index in [1.165, 1.54) is 0 Å². The summed E-state index contributed by atoms with van der Waals surface area (Å²) in [7, 11) is 0. The quantitative estimate of drug-likeness (QED) is 0.607. The van der Waals surface area contributed by atoms with E-state index in [-0.39, 0.29) is 0 Å². The Morgan fingerprint density at radius 1 is 1.40 bits per heavy atom. The zero-order chi connectivity index (χ0) is 7.56. The molecule has 1 N–H and O–H groups in total. The van der Waals surface area contributed by atoms with Crippen LogP contribution in [0.3, 0.4) is 0 Å². The number of nitrogens with zero attached hydrogens (tertiary/aromatic N) is 1. The Bertz CT molecular complexity index is 260. The zero-order valence-corrected chi connectivity index (χ0v) is 6.33. The van der Waals surface area contributed by atoms with Gasteiger partial charge in [0.1, 0.15) is 5.49 Å². The molecule has 0 aliphatic heterocycles. The van der Waals surface area contributed by atoms with E-state index in [0.717, 1.165) is 0 Å². The van der Waals surface area contributed by atoms with Gasteiger partial charge in [-0.15, -0.1) is 0 Å². The Balaban J connectivity index is 3.16. The average Bonchev–Trinajstić information content (AvgIpc) is 1.88. The fourth-order valence-electron chi connectivity index (χ4n) is 0.906. The second kappa shape index (κ2) is 2.69. The van der Waals surface area contributed by atoms with Crippen LogP contribution in [-0.2, 0) is 0 Å². The van der Waals surface area contributed by atoms with Crippen molar-refractivity contribution in [3.8, 4) is 0 Å². The SMILES string of the molecule is CC(C)n1ccccc1=N. The summed E-state index contributed by atoms with van der Waals surface area (Å²) in [5, 5.41) is 7.46. The third-order valence-corrected chi connectivity index (χ3v) is 1.45. The molecule has 1 aromatic rings. The summed E-state index contributed by atoms with van der Waals surface area (Å²) in [6.45, 7) is 4.14. The lowest BCUT2D eigenvalue weighted by molar-refractivity contribution is 0.565. The lowest BCUT2D eigenvalue weighted by Gasteiger charge is -2.08. The van der Waals surface area contributed by atoms with E-state index in [4.69, 9.17) is 5.41 Å². The Morgan fingerprint density at radius 2 is 2.10 bits per heavy atom. The first-order chi connectivity index (χ1) is 4.72. The van der Waals surface area contributed by atoms with E-state index in [0.29, 0.717) is 11.5 Å². The van der Waals surface area contributed by atoms with Crippen molar-refractivity contribution in [2.75, 3.05) is 0 Å². The number of hydrogen-bond donors (Lipinski definition) is 1. The number of rotatable bonds is 1. The molecule has 1 heterocycles. The summed E-state index contributed by atoms with van der Waals surface area (Å²) >= 11 is 0. The van der Waals surface area contributed by atoms with Gasteiger partial charge in [-0.3, -0.25) is 5.41 Å². The summed E-state index contributed by atoms with van der Waals surface area (Å²) in [6.07, 6.45) is 1.92. The van der Waals surface area contributed by atoms with Gasteiger partial charge in [0.05, 0.1) is 0 Å².